The Kier molecular flexibility index (Phi) is 9.06. The number of aromatic nitrogens is 6. The van der Waals surface area contributed by atoms with Gasteiger partial charge in [0, 0.05) is 44.2 Å². The van der Waals surface area contributed by atoms with Crippen LogP contribution in [0.5, 0.6) is 0 Å². The predicted octanol–water partition coefficient (Wildman–Crippen LogP) is 13.1. The summed E-state index contributed by atoms with van der Waals surface area (Å²) in [5.74, 6) is 1.80. The Balaban J connectivity index is 1.29. The molecule has 0 aliphatic rings. The third-order valence-electron chi connectivity index (χ3n) is 10.6. The zero-order valence-electron chi connectivity index (χ0n) is 32.1. The number of nitrogens with zero attached hydrogens (tertiary/aromatic N) is 6. The standard InChI is InChI=1S/C51H33F3N6/c1-32-22-25-39-40-26-24-38(51(52,53)54)30-46(40)60(45(39)28-32)44-27-23-37(43-31-42(33-14-6-2-7-15-33)55-47(56-43)34-16-8-3-9-17-34)29-41(44)50-58-48(35-18-10-4-11-19-35)57-49(59-50)36-20-12-5-13-21-36/h2-31H,1H3. The monoisotopic (exact) mass is 786 g/mol. The minimum Gasteiger partial charge on any atom is -0.308 e. The number of alkyl halides is 3. The van der Waals surface area contributed by atoms with Gasteiger partial charge in [-0.15, -0.1) is 0 Å². The van der Waals surface area contributed by atoms with Crippen molar-refractivity contribution in [1.29, 1.82) is 0 Å². The molecule has 0 saturated heterocycles. The smallest absolute Gasteiger partial charge is 0.308 e. The van der Waals surface area contributed by atoms with E-state index in [4.69, 9.17) is 24.9 Å². The summed E-state index contributed by atoms with van der Waals surface area (Å²) in [6.45, 7) is 1.97. The molecule has 3 heterocycles. The maximum absolute atomic E-state index is 14.4. The van der Waals surface area contributed by atoms with Gasteiger partial charge in [0.05, 0.1) is 33.7 Å². The van der Waals surface area contributed by atoms with Crippen molar-refractivity contribution in [2.75, 3.05) is 0 Å². The average molecular weight is 787 g/mol. The van der Waals surface area contributed by atoms with Crippen LogP contribution in [-0.4, -0.2) is 29.5 Å². The summed E-state index contributed by atoms with van der Waals surface area (Å²) in [6, 6.07) is 56.7. The maximum Gasteiger partial charge on any atom is 0.416 e. The number of rotatable bonds is 7. The van der Waals surface area contributed by atoms with E-state index in [0.717, 1.165) is 56.0 Å². The van der Waals surface area contributed by atoms with Crippen molar-refractivity contribution >= 4 is 21.8 Å². The molecule has 0 saturated carbocycles. The number of hydrogen-bond acceptors (Lipinski definition) is 5. The van der Waals surface area contributed by atoms with Crippen LogP contribution in [0.1, 0.15) is 11.1 Å². The van der Waals surface area contributed by atoms with E-state index in [1.54, 1.807) is 6.07 Å². The second kappa shape index (κ2) is 14.9. The van der Waals surface area contributed by atoms with Crippen LogP contribution >= 0.6 is 0 Å². The zero-order chi connectivity index (χ0) is 40.8. The molecule has 10 aromatic rings. The van der Waals surface area contributed by atoms with E-state index in [2.05, 4.69) is 0 Å². The van der Waals surface area contributed by atoms with Crippen LogP contribution in [-0.2, 0) is 6.18 Å². The summed E-state index contributed by atoms with van der Waals surface area (Å²) in [7, 11) is 0. The minimum absolute atomic E-state index is 0.342. The normalized spacial score (nSPS) is 11.7. The molecule has 7 aromatic carbocycles. The summed E-state index contributed by atoms with van der Waals surface area (Å²) in [4.78, 5) is 25.3. The molecule has 60 heavy (non-hydrogen) atoms. The Morgan fingerprint density at radius 1 is 0.400 bits per heavy atom. The molecule has 10 rings (SSSR count). The van der Waals surface area contributed by atoms with Crippen LogP contribution in [0.2, 0.25) is 0 Å². The van der Waals surface area contributed by atoms with Gasteiger partial charge >= 0.3 is 6.18 Å². The third kappa shape index (κ3) is 6.86. The fraction of sp³-hybridized carbons (Fsp3) is 0.0392. The molecule has 0 radical (unpaired) electrons. The van der Waals surface area contributed by atoms with Gasteiger partial charge in [-0.3, -0.25) is 0 Å². The van der Waals surface area contributed by atoms with Gasteiger partial charge in [0.1, 0.15) is 0 Å². The Hall–Kier alpha value is -7.78. The molecule has 9 heteroatoms. The van der Waals surface area contributed by atoms with Crippen LogP contribution in [0.4, 0.5) is 13.2 Å². The zero-order valence-corrected chi connectivity index (χ0v) is 32.1. The van der Waals surface area contributed by atoms with Crippen molar-refractivity contribution < 1.29 is 13.2 Å². The van der Waals surface area contributed by atoms with Crippen LogP contribution < -0.4 is 0 Å². The van der Waals surface area contributed by atoms with Gasteiger partial charge < -0.3 is 4.57 Å². The Bertz CT molecular complexity index is 3070. The molecule has 0 unspecified atom stereocenters. The molecule has 0 fully saturated rings. The average Bonchev–Trinajstić information content (AvgIpc) is 3.62. The summed E-state index contributed by atoms with van der Waals surface area (Å²) in [6.07, 6.45) is -4.55. The van der Waals surface area contributed by atoms with Gasteiger partial charge in [-0.1, -0.05) is 146 Å². The number of aryl methyl sites for hydroxylation is 1. The summed E-state index contributed by atoms with van der Waals surface area (Å²) >= 11 is 0. The number of halogens is 3. The molecule has 0 aliphatic carbocycles. The quantitative estimate of drug-likeness (QED) is 0.161. The first-order valence-electron chi connectivity index (χ1n) is 19.4. The highest BCUT2D eigenvalue weighted by atomic mass is 19.4. The van der Waals surface area contributed by atoms with Crippen molar-refractivity contribution in [2.45, 2.75) is 13.1 Å². The maximum atomic E-state index is 14.4. The van der Waals surface area contributed by atoms with Crippen molar-refractivity contribution in [3.05, 3.63) is 193 Å². The second-order valence-corrected chi connectivity index (χ2v) is 14.5. The SMILES string of the molecule is Cc1ccc2c3ccc(C(F)(F)F)cc3n(-c3ccc(-c4cc(-c5ccccc5)nc(-c5ccccc5)n4)cc3-c3nc(-c4ccccc4)nc(-c4ccccc4)n3)c2c1. The van der Waals surface area contributed by atoms with E-state index in [-0.39, 0.29) is 0 Å². The lowest BCUT2D eigenvalue weighted by molar-refractivity contribution is -0.137. The lowest BCUT2D eigenvalue weighted by Crippen LogP contribution is -2.06. The van der Waals surface area contributed by atoms with Gasteiger partial charge in [-0.05, 0) is 48.9 Å². The molecule has 0 bridgehead atoms. The van der Waals surface area contributed by atoms with E-state index in [9.17, 15) is 13.2 Å². The molecule has 3 aromatic heterocycles. The summed E-state index contributed by atoms with van der Waals surface area (Å²) < 4.78 is 45.2. The Labute approximate surface area is 343 Å². The first-order valence-corrected chi connectivity index (χ1v) is 19.4. The van der Waals surface area contributed by atoms with Gasteiger partial charge in [-0.2, -0.15) is 13.2 Å². The lowest BCUT2D eigenvalue weighted by atomic mass is 10.0. The van der Waals surface area contributed by atoms with Crippen LogP contribution in [0.25, 0.3) is 95.6 Å². The largest absolute Gasteiger partial charge is 0.416 e. The summed E-state index contributed by atoms with van der Waals surface area (Å²) in [5.41, 5.74) is 8.01. The first kappa shape index (κ1) is 36.6. The summed E-state index contributed by atoms with van der Waals surface area (Å²) in [5, 5.41) is 1.51. The number of benzene rings is 7. The molecule has 6 nitrogen and oxygen atoms in total. The van der Waals surface area contributed by atoms with E-state index < -0.39 is 11.7 Å². The Morgan fingerprint density at radius 3 is 1.42 bits per heavy atom. The first-order chi connectivity index (χ1) is 29.3. The molecular formula is C51H33F3N6. The van der Waals surface area contributed by atoms with Crippen LogP contribution in [0.3, 0.4) is 0 Å². The van der Waals surface area contributed by atoms with E-state index >= 15 is 0 Å². The fourth-order valence-electron chi connectivity index (χ4n) is 7.63. The predicted molar refractivity (Wildman–Crippen MR) is 232 cm³/mol. The topological polar surface area (TPSA) is 69.4 Å². The van der Waals surface area contributed by atoms with Gasteiger partial charge in [-0.25, -0.2) is 24.9 Å². The van der Waals surface area contributed by atoms with E-state index in [1.165, 1.54) is 6.07 Å². The molecule has 0 N–H and O–H groups in total. The van der Waals surface area contributed by atoms with E-state index in [1.807, 2.05) is 175 Å². The number of hydrogen-bond donors (Lipinski definition) is 0. The molecular weight excluding hydrogens is 754 g/mol. The van der Waals surface area contributed by atoms with Crippen molar-refractivity contribution in [3.8, 4) is 73.8 Å². The van der Waals surface area contributed by atoms with Crippen molar-refractivity contribution in [2.24, 2.45) is 0 Å². The van der Waals surface area contributed by atoms with Crippen molar-refractivity contribution in [3.63, 3.8) is 0 Å². The lowest BCUT2D eigenvalue weighted by Gasteiger charge is -2.17. The number of fused-ring (bicyclic) bond motifs is 3. The molecule has 0 amide bonds. The van der Waals surface area contributed by atoms with Crippen molar-refractivity contribution in [1.82, 2.24) is 29.5 Å². The Morgan fingerprint density at radius 2 is 0.867 bits per heavy atom. The highest BCUT2D eigenvalue weighted by molar-refractivity contribution is 6.10. The van der Waals surface area contributed by atoms with Crippen LogP contribution in [0, 0.1) is 6.92 Å². The minimum atomic E-state index is -4.55. The highest BCUT2D eigenvalue weighted by Crippen LogP contribution is 2.41. The molecule has 0 atom stereocenters. The van der Waals surface area contributed by atoms with Gasteiger partial charge in [0.2, 0.25) is 0 Å². The second-order valence-electron chi connectivity index (χ2n) is 14.5. The molecule has 0 spiro atoms. The van der Waals surface area contributed by atoms with Gasteiger partial charge in [0.15, 0.2) is 23.3 Å². The van der Waals surface area contributed by atoms with E-state index in [0.29, 0.717) is 51.1 Å². The highest BCUT2D eigenvalue weighted by Gasteiger charge is 2.32. The van der Waals surface area contributed by atoms with Gasteiger partial charge in [0.25, 0.3) is 0 Å². The molecule has 288 valence electrons. The van der Waals surface area contributed by atoms with Crippen LogP contribution in [0.15, 0.2) is 182 Å². The fourth-order valence-corrected chi connectivity index (χ4v) is 7.63. The third-order valence-corrected chi connectivity index (χ3v) is 10.6. The molecule has 0 aliphatic heterocycles.